The van der Waals surface area contributed by atoms with Crippen LogP contribution in [0.1, 0.15) is 11.6 Å². The molecular weight excluding hydrogens is 269 g/mol. The Balaban J connectivity index is 2.20. The number of piperazine rings is 1. The number of halogens is 2. The van der Waals surface area contributed by atoms with Crippen LogP contribution in [0.4, 0.5) is 0 Å². The molecule has 0 aliphatic carbocycles. The maximum atomic E-state index is 6.29. The zero-order valence-corrected chi connectivity index (χ0v) is 12.1. The van der Waals surface area contributed by atoms with Crippen molar-refractivity contribution in [1.29, 1.82) is 0 Å². The van der Waals surface area contributed by atoms with E-state index in [0.29, 0.717) is 16.6 Å². The molecule has 1 aliphatic heterocycles. The van der Waals surface area contributed by atoms with Crippen LogP contribution in [-0.2, 0) is 0 Å². The fourth-order valence-corrected chi connectivity index (χ4v) is 2.82. The number of hydrogen-bond acceptors (Lipinski definition) is 3. The molecule has 0 bridgehead atoms. The lowest BCUT2D eigenvalue weighted by Crippen LogP contribution is -2.47. The third-order valence-corrected chi connectivity index (χ3v) is 4.38. The number of nitrogens with two attached hydrogens (primary N) is 1. The van der Waals surface area contributed by atoms with Crippen LogP contribution in [0.2, 0.25) is 10.0 Å². The molecule has 5 heteroatoms. The summed E-state index contributed by atoms with van der Waals surface area (Å²) >= 11 is 12.4. The number of nitrogens with zero attached hydrogens (tertiary/aromatic N) is 2. The summed E-state index contributed by atoms with van der Waals surface area (Å²) in [6.45, 7) is 4.72. The Hall–Kier alpha value is -0.320. The van der Waals surface area contributed by atoms with Crippen LogP contribution in [0.5, 0.6) is 0 Å². The third kappa shape index (κ3) is 2.98. The quantitative estimate of drug-likeness (QED) is 0.926. The largest absolute Gasteiger partial charge is 0.329 e. The lowest BCUT2D eigenvalue weighted by atomic mass is 10.0. The van der Waals surface area contributed by atoms with Gasteiger partial charge >= 0.3 is 0 Å². The average molecular weight is 288 g/mol. The summed E-state index contributed by atoms with van der Waals surface area (Å²) in [5, 5.41) is 1.23. The Morgan fingerprint density at radius 2 is 1.89 bits per heavy atom. The molecule has 1 atom stereocenters. The van der Waals surface area contributed by atoms with Crippen molar-refractivity contribution < 1.29 is 0 Å². The summed E-state index contributed by atoms with van der Waals surface area (Å²) < 4.78 is 0. The molecule has 100 valence electrons. The highest BCUT2D eigenvalue weighted by molar-refractivity contribution is 6.42. The molecule has 0 spiro atoms. The standard InChI is InChI=1S/C13H19Cl2N3/c1-17-5-7-18(8-6-17)12(9-16)10-3-2-4-11(14)13(10)15/h2-4,12H,5-9,16H2,1H3. The second kappa shape index (κ2) is 6.22. The van der Waals surface area contributed by atoms with Gasteiger partial charge in [0.1, 0.15) is 0 Å². The highest BCUT2D eigenvalue weighted by Gasteiger charge is 2.24. The van der Waals surface area contributed by atoms with Crippen LogP contribution in [0, 0.1) is 0 Å². The van der Waals surface area contributed by atoms with Crippen LogP contribution in [0.3, 0.4) is 0 Å². The van der Waals surface area contributed by atoms with Gasteiger partial charge in [0.2, 0.25) is 0 Å². The zero-order valence-electron chi connectivity index (χ0n) is 10.6. The van der Waals surface area contributed by atoms with Crippen molar-refractivity contribution in [2.45, 2.75) is 6.04 Å². The van der Waals surface area contributed by atoms with E-state index in [2.05, 4.69) is 16.8 Å². The first kappa shape index (κ1) is 14.1. The Bertz CT molecular complexity index is 403. The SMILES string of the molecule is CN1CCN(C(CN)c2cccc(Cl)c2Cl)CC1. The minimum Gasteiger partial charge on any atom is -0.329 e. The van der Waals surface area contributed by atoms with Crippen LogP contribution in [0.15, 0.2) is 18.2 Å². The smallest absolute Gasteiger partial charge is 0.0640 e. The molecule has 1 unspecified atom stereocenters. The Kier molecular flexibility index (Phi) is 4.87. The zero-order chi connectivity index (χ0) is 13.1. The predicted octanol–water partition coefficient (Wildman–Crippen LogP) is 2.24. The van der Waals surface area contributed by atoms with Gasteiger partial charge in [-0.25, -0.2) is 0 Å². The third-order valence-electron chi connectivity index (χ3n) is 3.54. The van der Waals surface area contributed by atoms with Gasteiger partial charge in [-0.15, -0.1) is 0 Å². The number of benzene rings is 1. The van der Waals surface area contributed by atoms with E-state index in [9.17, 15) is 0 Å². The van der Waals surface area contributed by atoms with Gasteiger partial charge < -0.3 is 10.6 Å². The van der Waals surface area contributed by atoms with Crippen LogP contribution in [0.25, 0.3) is 0 Å². The predicted molar refractivity (Wildman–Crippen MR) is 77.3 cm³/mol. The summed E-state index contributed by atoms with van der Waals surface area (Å²) in [5.74, 6) is 0. The highest BCUT2D eigenvalue weighted by Crippen LogP contribution is 2.32. The maximum Gasteiger partial charge on any atom is 0.0640 e. The van der Waals surface area contributed by atoms with Crippen molar-refractivity contribution in [3.8, 4) is 0 Å². The molecule has 2 N–H and O–H groups in total. The number of rotatable bonds is 3. The first-order chi connectivity index (χ1) is 8.63. The molecule has 0 radical (unpaired) electrons. The van der Waals surface area contributed by atoms with E-state index in [1.165, 1.54) is 0 Å². The second-order valence-corrected chi connectivity index (χ2v) is 5.52. The van der Waals surface area contributed by atoms with Crippen molar-refractivity contribution in [3.05, 3.63) is 33.8 Å². The molecule has 0 aromatic heterocycles. The van der Waals surface area contributed by atoms with Crippen molar-refractivity contribution in [1.82, 2.24) is 9.80 Å². The molecule has 0 saturated carbocycles. The number of hydrogen-bond donors (Lipinski definition) is 1. The highest BCUT2D eigenvalue weighted by atomic mass is 35.5. The first-order valence-corrected chi connectivity index (χ1v) is 6.95. The van der Waals surface area contributed by atoms with E-state index in [4.69, 9.17) is 28.9 Å². The van der Waals surface area contributed by atoms with Crippen molar-refractivity contribution in [3.63, 3.8) is 0 Å². The molecule has 1 aliphatic rings. The summed E-state index contributed by atoms with van der Waals surface area (Å²) in [7, 11) is 2.14. The van der Waals surface area contributed by atoms with Gasteiger partial charge in [-0.2, -0.15) is 0 Å². The minimum atomic E-state index is 0.157. The van der Waals surface area contributed by atoms with E-state index in [1.54, 1.807) is 0 Å². The molecule has 1 aromatic carbocycles. The van der Waals surface area contributed by atoms with E-state index in [1.807, 2.05) is 18.2 Å². The first-order valence-electron chi connectivity index (χ1n) is 6.20. The van der Waals surface area contributed by atoms with Gasteiger partial charge in [0.15, 0.2) is 0 Å². The van der Waals surface area contributed by atoms with Crippen LogP contribution < -0.4 is 5.73 Å². The van der Waals surface area contributed by atoms with Gasteiger partial charge in [-0.1, -0.05) is 35.3 Å². The average Bonchev–Trinajstić information content (AvgIpc) is 2.37. The minimum absolute atomic E-state index is 0.157. The summed E-state index contributed by atoms with van der Waals surface area (Å²) in [6.07, 6.45) is 0. The summed E-state index contributed by atoms with van der Waals surface area (Å²) in [5.41, 5.74) is 6.97. The van der Waals surface area contributed by atoms with E-state index in [0.717, 1.165) is 31.7 Å². The molecule has 1 aromatic rings. The number of likely N-dealkylation sites (N-methyl/N-ethyl adjacent to an activating group) is 1. The van der Waals surface area contributed by atoms with Crippen LogP contribution >= 0.6 is 23.2 Å². The monoisotopic (exact) mass is 287 g/mol. The fraction of sp³-hybridized carbons (Fsp3) is 0.538. The Morgan fingerprint density at radius 1 is 1.22 bits per heavy atom. The molecule has 2 rings (SSSR count). The molecule has 1 saturated heterocycles. The van der Waals surface area contributed by atoms with Gasteiger partial charge in [-0.05, 0) is 18.7 Å². The topological polar surface area (TPSA) is 32.5 Å². The summed E-state index contributed by atoms with van der Waals surface area (Å²) in [6, 6.07) is 5.92. The van der Waals surface area contributed by atoms with E-state index >= 15 is 0 Å². The van der Waals surface area contributed by atoms with Crippen molar-refractivity contribution in [2.75, 3.05) is 39.8 Å². The van der Waals surface area contributed by atoms with Crippen molar-refractivity contribution in [2.24, 2.45) is 5.73 Å². The maximum absolute atomic E-state index is 6.29. The lowest BCUT2D eigenvalue weighted by molar-refractivity contribution is 0.114. The van der Waals surface area contributed by atoms with Gasteiger partial charge in [0.25, 0.3) is 0 Å². The van der Waals surface area contributed by atoms with E-state index in [-0.39, 0.29) is 6.04 Å². The normalized spacial score (nSPS) is 20.0. The molecule has 1 heterocycles. The van der Waals surface area contributed by atoms with E-state index < -0.39 is 0 Å². The fourth-order valence-electron chi connectivity index (χ4n) is 2.38. The Labute approximate surface area is 118 Å². The van der Waals surface area contributed by atoms with Gasteiger partial charge in [-0.3, -0.25) is 4.90 Å². The second-order valence-electron chi connectivity index (χ2n) is 4.73. The lowest BCUT2D eigenvalue weighted by Gasteiger charge is -2.38. The molecule has 3 nitrogen and oxygen atoms in total. The molecule has 1 fully saturated rings. The summed E-state index contributed by atoms with van der Waals surface area (Å²) in [4.78, 5) is 4.71. The molecular formula is C13H19Cl2N3. The van der Waals surface area contributed by atoms with Crippen molar-refractivity contribution >= 4 is 23.2 Å². The van der Waals surface area contributed by atoms with Gasteiger partial charge in [0, 0.05) is 38.8 Å². The van der Waals surface area contributed by atoms with Crippen LogP contribution in [-0.4, -0.2) is 49.6 Å². The Morgan fingerprint density at radius 3 is 2.50 bits per heavy atom. The van der Waals surface area contributed by atoms with Gasteiger partial charge in [0.05, 0.1) is 10.0 Å². The molecule has 0 amide bonds. The molecule has 18 heavy (non-hydrogen) atoms.